The van der Waals surface area contributed by atoms with Gasteiger partial charge in [-0.1, -0.05) is 34.1 Å². The molecule has 1 saturated heterocycles. The molecule has 0 bridgehead atoms. The standard InChI is InChI=1S/C15H30N2O2/c1-5-7-15(8-9-16-11-15)13(19)17-12(6-10-18)14(2,3)4/h12,16,18H,5-11H2,1-4H3,(H,17,19). The fraction of sp³-hybridized carbons (Fsp3) is 0.933. The van der Waals surface area contributed by atoms with Gasteiger partial charge in [-0.05, 0) is 31.2 Å². The number of aliphatic hydroxyl groups excluding tert-OH is 1. The van der Waals surface area contributed by atoms with Gasteiger partial charge in [0.1, 0.15) is 0 Å². The lowest BCUT2D eigenvalue weighted by Gasteiger charge is -2.35. The van der Waals surface area contributed by atoms with E-state index in [2.05, 4.69) is 38.3 Å². The molecule has 1 aliphatic rings. The number of carbonyl (C=O) groups excluding carboxylic acids is 1. The minimum Gasteiger partial charge on any atom is -0.396 e. The van der Waals surface area contributed by atoms with Crippen molar-refractivity contribution in [2.75, 3.05) is 19.7 Å². The summed E-state index contributed by atoms with van der Waals surface area (Å²) in [6.45, 7) is 10.3. The zero-order valence-corrected chi connectivity index (χ0v) is 12.9. The van der Waals surface area contributed by atoms with E-state index in [1.165, 1.54) is 0 Å². The van der Waals surface area contributed by atoms with Crippen molar-refractivity contribution in [1.29, 1.82) is 0 Å². The molecule has 4 heteroatoms. The molecular weight excluding hydrogens is 240 g/mol. The van der Waals surface area contributed by atoms with Gasteiger partial charge >= 0.3 is 0 Å². The Balaban J connectivity index is 2.74. The van der Waals surface area contributed by atoms with Crippen LogP contribution >= 0.6 is 0 Å². The number of aliphatic hydroxyl groups is 1. The molecule has 2 unspecified atom stereocenters. The molecule has 0 aromatic heterocycles. The molecule has 0 aromatic carbocycles. The van der Waals surface area contributed by atoms with Crippen molar-refractivity contribution in [2.24, 2.45) is 10.8 Å². The lowest BCUT2D eigenvalue weighted by Crippen LogP contribution is -2.51. The average Bonchev–Trinajstić information content (AvgIpc) is 2.77. The molecule has 1 amide bonds. The van der Waals surface area contributed by atoms with Crippen molar-refractivity contribution in [2.45, 2.75) is 59.4 Å². The van der Waals surface area contributed by atoms with Crippen LogP contribution in [0.5, 0.6) is 0 Å². The van der Waals surface area contributed by atoms with Crippen molar-refractivity contribution < 1.29 is 9.90 Å². The average molecular weight is 270 g/mol. The minimum atomic E-state index is -0.242. The smallest absolute Gasteiger partial charge is 0.227 e. The number of carbonyl (C=O) groups is 1. The van der Waals surface area contributed by atoms with Gasteiger partial charge in [0.2, 0.25) is 5.91 Å². The van der Waals surface area contributed by atoms with E-state index >= 15 is 0 Å². The number of amides is 1. The molecule has 19 heavy (non-hydrogen) atoms. The third kappa shape index (κ3) is 4.18. The Morgan fingerprint density at radius 1 is 1.47 bits per heavy atom. The second-order valence-electron chi connectivity index (χ2n) is 6.86. The Labute approximate surface area is 117 Å². The monoisotopic (exact) mass is 270 g/mol. The first kappa shape index (κ1) is 16.4. The maximum absolute atomic E-state index is 12.7. The second kappa shape index (κ2) is 6.71. The molecule has 4 nitrogen and oxygen atoms in total. The van der Waals surface area contributed by atoms with Gasteiger partial charge in [0.05, 0.1) is 5.41 Å². The Bertz CT molecular complexity index is 291. The highest BCUT2D eigenvalue weighted by atomic mass is 16.3. The normalized spacial score (nSPS) is 25.3. The summed E-state index contributed by atoms with van der Waals surface area (Å²) >= 11 is 0. The molecule has 3 N–H and O–H groups in total. The van der Waals surface area contributed by atoms with Crippen molar-refractivity contribution in [3.05, 3.63) is 0 Å². The number of hydrogen-bond donors (Lipinski definition) is 3. The van der Waals surface area contributed by atoms with Gasteiger partial charge in [-0.15, -0.1) is 0 Å². The molecule has 0 radical (unpaired) electrons. The van der Waals surface area contributed by atoms with Crippen LogP contribution in [0.15, 0.2) is 0 Å². The molecule has 1 fully saturated rings. The van der Waals surface area contributed by atoms with Crippen molar-refractivity contribution in [1.82, 2.24) is 10.6 Å². The van der Waals surface area contributed by atoms with Crippen molar-refractivity contribution >= 4 is 5.91 Å². The summed E-state index contributed by atoms with van der Waals surface area (Å²) in [4.78, 5) is 12.7. The lowest BCUT2D eigenvalue weighted by molar-refractivity contribution is -0.132. The van der Waals surface area contributed by atoms with E-state index in [4.69, 9.17) is 0 Å². The zero-order chi connectivity index (χ0) is 14.5. The molecule has 0 aliphatic carbocycles. The highest BCUT2D eigenvalue weighted by Gasteiger charge is 2.41. The van der Waals surface area contributed by atoms with E-state index in [0.717, 1.165) is 32.4 Å². The van der Waals surface area contributed by atoms with Crippen LogP contribution in [0.25, 0.3) is 0 Å². The van der Waals surface area contributed by atoms with E-state index in [0.29, 0.717) is 6.42 Å². The summed E-state index contributed by atoms with van der Waals surface area (Å²) in [6, 6.07) is 0.0272. The van der Waals surface area contributed by atoms with Crippen LogP contribution in [-0.4, -0.2) is 36.8 Å². The molecule has 1 rings (SSSR count). The summed E-state index contributed by atoms with van der Waals surface area (Å²) in [7, 11) is 0. The maximum Gasteiger partial charge on any atom is 0.227 e. The SMILES string of the molecule is CCCC1(C(=O)NC(CCO)C(C)(C)C)CCNC1. The first-order valence-electron chi connectivity index (χ1n) is 7.48. The second-order valence-corrected chi connectivity index (χ2v) is 6.86. The summed E-state index contributed by atoms with van der Waals surface area (Å²) in [5.74, 6) is 0.160. The van der Waals surface area contributed by atoms with Crippen molar-refractivity contribution in [3.63, 3.8) is 0 Å². The quantitative estimate of drug-likeness (QED) is 0.688. The number of hydrogen-bond acceptors (Lipinski definition) is 3. The van der Waals surface area contributed by atoms with Gasteiger partial charge in [0.15, 0.2) is 0 Å². The summed E-state index contributed by atoms with van der Waals surface area (Å²) < 4.78 is 0. The van der Waals surface area contributed by atoms with Gasteiger partial charge in [0.25, 0.3) is 0 Å². The molecule has 1 heterocycles. The van der Waals surface area contributed by atoms with Crippen LogP contribution < -0.4 is 10.6 Å². The Hall–Kier alpha value is -0.610. The number of rotatable bonds is 6. The van der Waals surface area contributed by atoms with E-state index < -0.39 is 0 Å². The predicted octanol–water partition coefficient (Wildman–Crippen LogP) is 1.68. The lowest BCUT2D eigenvalue weighted by atomic mass is 9.79. The fourth-order valence-electron chi connectivity index (χ4n) is 2.91. The molecule has 1 aliphatic heterocycles. The Kier molecular flexibility index (Phi) is 5.81. The Morgan fingerprint density at radius 2 is 2.16 bits per heavy atom. The van der Waals surface area contributed by atoms with Crippen LogP contribution in [0.2, 0.25) is 0 Å². The van der Waals surface area contributed by atoms with Gasteiger partial charge in [-0.3, -0.25) is 4.79 Å². The van der Waals surface area contributed by atoms with Crippen LogP contribution in [0.4, 0.5) is 0 Å². The third-order valence-electron chi connectivity index (χ3n) is 4.22. The van der Waals surface area contributed by atoms with E-state index in [9.17, 15) is 9.90 Å². The largest absolute Gasteiger partial charge is 0.396 e. The summed E-state index contributed by atoms with van der Waals surface area (Å²) in [5.41, 5.74) is -0.272. The highest BCUT2D eigenvalue weighted by Crippen LogP contribution is 2.32. The first-order valence-corrected chi connectivity index (χ1v) is 7.48. The van der Waals surface area contributed by atoms with Gasteiger partial charge in [0, 0.05) is 19.2 Å². The number of nitrogens with one attached hydrogen (secondary N) is 2. The molecule has 112 valence electrons. The van der Waals surface area contributed by atoms with E-state index in [1.807, 2.05) is 0 Å². The fourth-order valence-corrected chi connectivity index (χ4v) is 2.91. The van der Waals surface area contributed by atoms with Crippen molar-refractivity contribution in [3.8, 4) is 0 Å². The molecule has 0 aromatic rings. The Morgan fingerprint density at radius 3 is 2.58 bits per heavy atom. The molecule has 0 saturated carbocycles. The summed E-state index contributed by atoms with van der Waals surface area (Å²) in [6.07, 6.45) is 3.49. The predicted molar refractivity (Wildman–Crippen MR) is 77.9 cm³/mol. The zero-order valence-electron chi connectivity index (χ0n) is 12.9. The topological polar surface area (TPSA) is 61.4 Å². The van der Waals surface area contributed by atoms with Crippen LogP contribution in [-0.2, 0) is 4.79 Å². The minimum absolute atomic E-state index is 0.0272. The maximum atomic E-state index is 12.7. The summed E-state index contributed by atoms with van der Waals surface area (Å²) in [5, 5.41) is 15.7. The van der Waals surface area contributed by atoms with Gasteiger partial charge in [-0.2, -0.15) is 0 Å². The van der Waals surface area contributed by atoms with E-state index in [1.54, 1.807) is 0 Å². The first-order chi connectivity index (χ1) is 8.85. The van der Waals surface area contributed by atoms with E-state index in [-0.39, 0.29) is 29.4 Å². The molecule has 0 spiro atoms. The van der Waals surface area contributed by atoms with Crippen LogP contribution in [0.3, 0.4) is 0 Å². The highest BCUT2D eigenvalue weighted by molar-refractivity contribution is 5.83. The third-order valence-corrected chi connectivity index (χ3v) is 4.22. The molecule has 2 atom stereocenters. The van der Waals surface area contributed by atoms with Crippen LogP contribution in [0, 0.1) is 10.8 Å². The molecular formula is C15H30N2O2. The van der Waals surface area contributed by atoms with Crippen LogP contribution in [0.1, 0.15) is 53.4 Å². The van der Waals surface area contributed by atoms with Gasteiger partial charge < -0.3 is 15.7 Å². The van der Waals surface area contributed by atoms with Gasteiger partial charge in [-0.25, -0.2) is 0 Å².